The molecule has 0 aromatic carbocycles. The number of rotatable bonds is 4. The SMILES string of the molecule is FC(F)(F)CCNC1CCCCC1C1CCCCC1. The normalized spacial score (nSPS) is 30.5. The van der Waals surface area contributed by atoms with Crippen molar-refractivity contribution in [2.75, 3.05) is 6.54 Å². The lowest BCUT2D eigenvalue weighted by Crippen LogP contribution is -2.43. The van der Waals surface area contributed by atoms with Gasteiger partial charge in [0.2, 0.25) is 0 Å². The van der Waals surface area contributed by atoms with E-state index >= 15 is 0 Å². The molecule has 0 saturated heterocycles. The highest BCUT2D eigenvalue weighted by atomic mass is 19.4. The summed E-state index contributed by atoms with van der Waals surface area (Å²) in [6.45, 7) is 0.0946. The van der Waals surface area contributed by atoms with E-state index in [1.807, 2.05) is 0 Å². The molecule has 112 valence electrons. The van der Waals surface area contributed by atoms with Gasteiger partial charge in [0.05, 0.1) is 6.42 Å². The molecule has 1 N–H and O–H groups in total. The smallest absolute Gasteiger partial charge is 0.313 e. The molecule has 0 aliphatic heterocycles. The Morgan fingerprint density at radius 2 is 1.47 bits per heavy atom. The third-order valence-corrected chi connectivity index (χ3v) is 4.89. The lowest BCUT2D eigenvalue weighted by molar-refractivity contribution is -0.134. The molecule has 2 aliphatic carbocycles. The molecule has 0 heterocycles. The van der Waals surface area contributed by atoms with Crippen LogP contribution in [0.25, 0.3) is 0 Å². The van der Waals surface area contributed by atoms with Gasteiger partial charge in [-0.15, -0.1) is 0 Å². The average Bonchev–Trinajstić information content (AvgIpc) is 2.39. The fourth-order valence-electron chi connectivity index (χ4n) is 3.94. The number of hydrogen-bond donors (Lipinski definition) is 1. The van der Waals surface area contributed by atoms with E-state index in [4.69, 9.17) is 0 Å². The van der Waals surface area contributed by atoms with Crippen molar-refractivity contribution in [3.63, 3.8) is 0 Å². The third kappa shape index (κ3) is 4.97. The summed E-state index contributed by atoms with van der Waals surface area (Å²) in [6, 6.07) is 0.333. The van der Waals surface area contributed by atoms with Crippen molar-refractivity contribution in [3.8, 4) is 0 Å². The van der Waals surface area contributed by atoms with Crippen molar-refractivity contribution in [2.24, 2.45) is 11.8 Å². The molecule has 4 heteroatoms. The molecular formula is C15H26F3N. The van der Waals surface area contributed by atoms with E-state index in [-0.39, 0.29) is 6.54 Å². The highest BCUT2D eigenvalue weighted by molar-refractivity contribution is 4.87. The molecule has 0 radical (unpaired) electrons. The van der Waals surface area contributed by atoms with Gasteiger partial charge in [0.15, 0.2) is 0 Å². The maximum Gasteiger partial charge on any atom is 0.390 e. The predicted octanol–water partition coefficient (Wildman–Crippen LogP) is 4.67. The molecule has 0 aromatic rings. The Labute approximate surface area is 114 Å². The van der Waals surface area contributed by atoms with Crippen LogP contribution in [0.5, 0.6) is 0 Å². The number of hydrogen-bond acceptors (Lipinski definition) is 1. The van der Waals surface area contributed by atoms with Crippen molar-refractivity contribution < 1.29 is 13.2 Å². The van der Waals surface area contributed by atoms with Crippen LogP contribution in [-0.2, 0) is 0 Å². The highest BCUT2D eigenvalue weighted by Gasteiger charge is 2.33. The number of alkyl halides is 3. The zero-order valence-corrected chi connectivity index (χ0v) is 11.6. The molecule has 1 nitrogen and oxygen atoms in total. The monoisotopic (exact) mass is 277 g/mol. The van der Waals surface area contributed by atoms with Gasteiger partial charge >= 0.3 is 6.18 Å². The molecule has 0 amide bonds. The van der Waals surface area contributed by atoms with Gasteiger partial charge in [-0.05, 0) is 24.7 Å². The third-order valence-electron chi connectivity index (χ3n) is 4.89. The maximum atomic E-state index is 12.2. The Morgan fingerprint density at radius 3 is 2.16 bits per heavy atom. The second-order valence-electron chi connectivity index (χ2n) is 6.27. The summed E-state index contributed by atoms with van der Waals surface area (Å²) >= 11 is 0. The molecule has 2 unspecified atom stereocenters. The molecule has 2 rings (SSSR count). The van der Waals surface area contributed by atoms with Crippen LogP contribution in [-0.4, -0.2) is 18.8 Å². The molecule has 0 spiro atoms. The maximum absolute atomic E-state index is 12.2. The fraction of sp³-hybridized carbons (Fsp3) is 1.00. The zero-order chi connectivity index (χ0) is 13.7. The lowest BCUT2D eigenvalue weighted by atomic mass is 9.71. The minimum Gasteiger partial charge on any atom is -0.313 e. The van der Waals surface area contributed by atoms with E-state index in [9.17, 15) is 13.2 Å². The van der Waals surface area contributed by atoms with E-state index in [2.05, 4.69) is 5.32 Å². The van der Waals surface area contributed by atoms with Crippen molar-refractivity contribution in [2.45, 2.75) is 76.4 Å². The Balaban J connectivity index is 1.81. The summed E-state index contributed by atoms with van der Waals surface area (Å²) in [7, 11) is 0. The minimum absolute atomic E-state index is 0.0946. The van der Waals surface area contributed by atoms with Crippen LogP contribution in [0.4, 0.5) is 13.2 Å². The first-order valence-electron chi connectivity index (χ1n) is 7.86. The summed E-state index contributed by atoms with van der Waals surface area (Å²) in [5, 5.41) is 3.21. The van der Waals surface area contributed by atoms with E-state index in [1.165, 1.54) is 51.4 Å². The first-order valence-corrected chi connectivity index (χ1v) is 7.86. The summed E-state index contributed by atoms with van der Waals surface area (Å²) < 4.78 is 36.7. The first kappa shape index (κ1) is 15.1. The van der Waals surface area contributed by atoms with Crippen molar-refractivity contribution in [3.05, 3.63) is 0 Å². The van der Waals surface area contributed by atoms with E-state index < -0.39 is 12.6 Å². The fourth-order valence-corrected chi connectivity index (χ4v) is 3.94. The van der Waals surface area contributed by atoms with E-state index in [1.54, 1.807) is 0 Å². The lowest BCUT2D eigenvalue weighted by Gasteiger charge is -2.39. The summed E-state index contributed by atoms with van der Waals surface area (Å²) in [4.78, 5) is 0. The van der Waals surface area contributed by atoms with Gasteiger partial charge in [0.25, 0.3) is 0 Å². The molecule has 19 heavy (non-hydrogen) atoms. The van der Waals surface area contributed by atoms with Crippen LogP contribution in [0, 0.1) is 11.8 Å². The molecule has 2 fully saturated rings. The standard InChI is InChI=1S/C15H26F3N/c16-15(17,18)10-11-19-14-9-5-4-8-13(14)12-6-2-1-3-7-12/h12-14,19H,1-11H2. The minimum atomic E-state index is -4.03. The van der Waals surface area contributed by atoms with Crippen LogP contribution in [0.3, 0.4) is 0 Å². The van der Waals surface area contributed by atoms with Gasteiger partial charge < -0.3 is 5.32 Å². The summed E-state index contributed by atoms with van der Waals surface area (Å²) in [5.41, 5.74) is 0. The van der Waals surface area contributed by atoms with E-state index in [0.29, 0.717) is 12.0 Å². The average molecular weight is 277 g/mol. The van der Waals surface area contributed by atoms with Gasteiger partial charge in [-0.3, -0.25) is 0 Å². The van der Waals surface area contributed by atoms with Gasteiger partial charge in [0.1, 0.15) is 0 Å². The van der Waals surface area contributed by atoms with Crippen molar-refractivity contribution in [1.82, 2.24) is 5.32 Å². The molecule has 2 aliphatic rings. The summed E-state index contributed by atoms with van der Waals surface area (Å²) in [6.07, 6.45) is 6.56. The molecule has 0 aromatic heterocycles. The van der Waals surface area contributed by atoms with Crippen LogP contribution < -0.4 is 5.32 Å². The quantitative estimate of drug-likeness (QED) is 0.787. The molecule has 2 saturated carbocycles. The zero-order valence-electron chi connectivity index (χ0n) is 11.6. The Morgan fingerprint density at radius 1 is 0.842 bits per heavy atom. The topological polar surface area (TPSA) is 12.0 Å². The van der Waals surface area contributed by atoms with Crippen molar-refractivity contribution >= 4 is 0 Å². The Bertz CT molecular complexity index is 259. The summed E-state index contributed by atoms with van der Waals surface area (Å²) in [5.74, 6) is 1.39. The first-order chi connectivity index (χ1) is 9.06. The van der Waals surface area contributed by atoms with Crippen LogP contribution in [0.2, 0.25) is 0 Å². The second-order valence-corrected chi connectivity index (χ2v) is 6.27. The Hall–Kier alpha value is -0.250. The van der Waals surface area contributed by atoms with Gasteiger partial charge in [-0.25, -0.2) is 0 Å². The van der Waals surface area contributed by atoms with Crippen molar-refractivity contribution in [1.29, 1.82) is 0 Å². The van der Waals surface area contributed by atoms with Crippen LogP contribution in [0.1, 0.15) is 64.2 Å². The number of halogens is 3. The molecule has 2 atom stereocenters. The van der Waals surface area contributed by atoms with E-state index in [0.717, 1.165) is 12.3 Å². The Kier molecular flexibility index (Phi) is 5.55. The van der Waals surface area contributed by atoms with Crippen LogP contribution in [0.15, 0.2) is 0 Å². The van der Waals surface area contributed by atoms with Gasteiger partial charge in [-0.2, -0.15) is 13.2 Å². The largest absolute Gasteiger partial charge is 0.390 e. The second kappa shape index (κ2) is 6.96. The highest BCUT2D eigenvalue weighted by Crippen LogP contribution is 2.38. The number of nitrogens with one attached hydrogen (secondary N) is 1. The molecule has 0 bridgehead atoms. The molecular weight excluding hydrogens is 251 g/mol. The van der Waals surface area contributed by atoms with Crippen LogP contribution >= 0.6 is 0 Å². The van der Waals surface area contributed by atoms with Gasteiger partial charge in [-0.1, -0.05) is 44.9 Å². The predicted molar refractivity (Wildman–Crippen MR) is 71.0 cm³/mol. The van der Waals surface area contributed by atoms with Gasteiger partial charge in [0, 0.05) is 12.6 Å².